The Balaban J connectivity index is 2.15. The van der Waals surface area contributed by atoms with Crippen LogP contribution in [0.3, 0.4) is 0 Å². The Bertz CT molecular complexity index is 573. The van der Waals surface area contributed by atoms with E-state index in [0.29, 0.717) is 12.0 Å². The van der Waals surface area contributed by atoms with Crippen LogP contribution in [0.4, 0.5) is 0 Å². The number of aryl methyl sites for hydroxylation is 1. The molecule has 0 radical (unpaired) electrons. The van der Waals surface area contributed by atoms with Crippen molar-refractivity contribution in [3.63, 3.8) is 0 Å². The molecule has 98 valence electrons. The maximum absolute atomic E-state index is 2.47. The molecule has 19 heavy (non-hydrogen) atoms. The van der Waals surface area contributed by atoms with E-state index in [1.807, 2.05) is 0 Å². The summed E-state index contributed by atoms with van der Waals surface area (Å²) in [4.78, 5) is 2.47. The zero-order chi connectivity index (χ0) is 13.4. The van der Waals surface area contributed by atoms with Crippen LogP contribution >= 0.6 is 0 Å². The first-order valence-corrected chi connectivity index (χ1v) is 7.02. The lowest BCUT2D eigenvalue weighted by Crippen LogP contribution is -2.34. The highest BCUT2D eigenvalue weighted by Crippen LogP contribution is 2.39. The lowest BCUT2D eigenvalue weighted by atomic mass is 9.83. The standard InChI is InChI=1S/C18H21N/c1-13-9-10-16-14(2)12-19(3)18(17(16)11-13)15-7-5-4-6-8-15/h4-11,14,18H,12H2,1-3H3. The zero-order valence-corrected chi connectivity index (χ0v) is 11.9. The van der Waals surface area contributed by atoms with Crippen molar-refractivity contribution in [3.8, 4) is 0 Å². The summed E-state index contributed by atoms with van der Waals surface area (Å²) in [6, 6.07) is 18.2. The van der Waals surface area contributed by atoms with Crippen LogP contribution < -0.4 is 0 Å². The van der Waals surface area contributed by atoms with Gasteiger partial charge in [0.2, 0.25) is 0 Å². The number of fused-ring (bicyclic) bond motifs is 1. The molecule has 1 aliphatic rings. The Morgan fingerprint density at radius 2 is 1.74 bits per heavy atom. The Kier molecular flexibility index (Phi) is 3.16. The number of hydrogen-bond donors (Lipinski definition) is 0. The molecule has 2 aromatic rings. The molecule has 3 rings (SSSR count). The Hall–Kier alpha value is -1.60. The largest absolute Gasteiger partial charge is 0.295 e. The van der Waals surface area contributed by atoms with Crippen LogP contribution in [0.1, 0.15) is 41.1 Å². The fourth-order valence-corrected chi connectivity index (χ4v) is 3.32. The summed E-state index contributed by atoms with van der Waals surface area (Å²) in [5.74, 6) is 0.612. The van der Waals surface area contributed by atoms with Crippen LogP contribution in [-0.2, 0) is 0 Å². The molecule has 1 aliphatic heterocycles. The van der Waals surface area contributed by atoms with Crippen LogP contribution in [-0.4, -0.2) is 18.5 Å². The number of rotatable bonds is 1. The van der Waals surface area contributed by atoms with E-state index < -0.39 is 0 Å². The second kappa shape index (κ2) is 4.82. The van der Waals surface area contributed by atoms with E-state index in [1.165, 1.54) is 22.3 Å². The Morgan fingerprint density at radius 1 is 1.00 bits per heavy atom. The molecule has 0 N–H and O–H groups in total. The quantitative estimate of drug-likeness (QED) is 0.736. The maximum atomic E-state index is 2.47. The summed E-state index contributed by atoms with van der Waals surface area (Å²) >= 11 is 0. The normalized spacial score (nSPS) is 23.1. The van der Waals surface area contributed by atoms with Gasteiger partial charge in [0.1, 0.15) is 0 Å². The minimum Gasteiger partial charge on any atom is -0.295 e. The monoisotopic (exact) mass is 251 g/mol. The van der Waals surface area contributed by atoms with Gasteiger partial charge in [-0.3, -0.25) is 4.90 Å². The zero-order valence-electron chi connectivity index (χ0n) is 11.9. The van der Waals surface area contributed by atoms with Gasteiger partial charge in [-0.15, -0.1) is 0 Å². The van der Waals surface area contributed by atoms with Gasteiger partial charge in [-0.05, 0) is 36.6 Å². The molecular weight excluding hydrogens is 230 g/mol. The van der Waals surface area contributed by atoms with Gasteiger partial charge in [-0.2, -0.15) is 0 Å². The first kappa shape index (κ1) is 12.4. The maximum Gasteiger partial charge on any atom is 0.0602 e. The van der Waals surface area contributed by atoms with E-state index in [0.717, 1.165) is 6.54 Å². The van der Waals surface area contributed by atoms with Crippen molar-refractivity contribution in [2.24, 2.45) is 0 Å². The van der Waals surface area contributed by atoms with Crippen molar-refractivity contribution >= 4 is 0 Å². The summed E-state index contributed by atoms with van der Waals surface area (Å²) in [5.41, 5.74) is 5.73. The molecule has 0 bridgehead atoms. The SMILES string of the molecule is Cc1ccc2c(c1)C(c1ccccc1)N(C)CC2C. The number of nitrogens with zero attached hydrogens (tertiary/aromatic N) is 1. The fourth-order valence-electron chi connectivity index (χ4n) is 3.32. The molecule has 0 aliphatic carbocycles. The highest BCUT2D eigenvalue weighted by Gasteiger charge is 2.29. The predicted octanol–water partition coefficient (Wildman–Crippen LogP) is 4.13. The van der Waals surface area contributed by atoms with Gasteiger partial charge in [-0.1, -0.05) is 61.0 Å². The third kappa shape index (κ3) is 2.19. The van der Waals surface area contributed by atoms with Crippen LogP contribution in [0.2, 0.25) is 0 Å². The van der Waals surface area contributed by atoms with Gasteiger partial charge in [0.25, 0.3) is 0 Å². The van der Waals surface area contributed by atoms with Crippen LogP contribution in [0.25, 0.3) is 0 Å². The summed E-state index contributed by atoms with van der Waals surface area (Å²) in [6.07, 6.45) is 0. The van der Waals surface area contributed by atoms with E-state index >= 15 is 0 Å². The minimum absolute atomic E-state index is 0.396. The summed E-state index contributed by atoms with van der Waals surface area (Å²) in [7, 11) is 2.24. The highest BCUT2D eigenvalue weighted by molar-refractivity contribution is 5.43. The first-order valence-electron chi connectivity index (χ1n) is 7.02. The molecule has 0 spiro atoms. The number of likely N-dealkylation sites (N-methyl/N-ethyl adjacent to an activating group) is 1. The smallest absolute Gasteiger partial charge is 0.0602 e. The third-order valence-corrected chi connectivity index (χ3v) is 4.19. The van der Waals surface area contributed by atoms with Crippen molar-refractivity contribution in [1.29, 1.82) is 0 Å². The lowest BCUT2D eigenvalue weighted by molar-refractivity contribution is 0.244. The molecule has 1 nitrogen and oxygen atoms in total. The van der Waals surface area contributed by atoms with E-state index in [2.05, 4.69) is 74.3 Å². The lowest BCUT2D eigenvalue weighted by Gasteiger charge is -2.38. The number of benzene rings is 2. The molecule has 2 atom stereocenters. The average molecular weight is 251 g/mol. The van der Waals surface area contributed by atoms with Gasteiger partial charge in [0.15, 0.2) is 0 Å². The first-order chi connectivity index (χ1) is 9.16. The molecule has 2 unspecified atom stereocenters. The van der Waals surface area contributed by atoms with Crippen molar-refractivity contribution in [2.45, 2.75) is 25.8 Å². The minimum atomic E-state index is 0.396. The van der Waals surface area contributed by atoms with Gasteiger partial charge >= 0.3 is 0 Å². The average Bonchev–Trinajstić information content (AvgIpc) is 2.39. The van der Waals surface area contributed by atoms with Crippen molar-refractivity contribution in [3.05, 3.63) is 70.8 Å². The van der Waals surface area contributed by atoms with Crippen LogP contribution in [0, 0.1) is 6.92 Å². The Morgan fingerprint density at radius 3 is 2.47 bits per heavy atom. The van der Waals surface area contributed by atoms with E-state index in [4.69, 9.17) is 0 Å². The van der Waals surface area contributed by atoms with Gasteiger partial charge in [0, 0.05) is 6.54 Å². The van der Waals surface area contributed by atoms with E-state index in [9.17, 15) is 0 Å². The fraction of sp³-hybridized carbons (Fsp3) is 0.333. The summed E-state index contributed by atoms with van der Waals surface area (Å²) in [6.45, 7) is 5.63. The second-order valence-electron chi connectivity index (χ2n) is 5.79. The van der Waals surface area contributed by atoms with Crippen LogP contribution in [0.15, 0.2) is 48.5 Å². The molecule has 0 amide bonds. The topological polar surface area (TPSA) is 3.24 Å². The van der Waals surface area contributed by atoms with Crippen LogP contribution in [0.5, 0.6) is 0 Å². The molecule has 0 saturated carbocycles. The molecule has 0 fully saturated rings. The number of hydrogen-bond acceptors (Lipinski definition) is 1. The summed E-state index contributed by atoms with van der Waals surface area (Å²) in [5, 5.41) is 0. The molecule has 0 saturated heterocycles. The van der Waals surface area contributed by atoms with E-state index in [1.54, 1.807) is 0 Å². The Labute approximate surface area is 115 Å². The van der Waals surface area contributed by atoms with Crippen molar-refractivity contribution in [2.75, 3.05) is 13.6 Å². The van der Waals surface area contributed by atoms with Gasteiger partial charge in [-0.25, -0.2) is 0 Å². The van der Waals surface area contributed by atoms with Crippen molar-refractivity contribution in [1.82, 2.24) is 4.90 Å². The van der Waals surface area contributed by atoms with Crippen molar-refractivity contribution < 1.29 is 0 Å². The van der Waals surface area contributed by atoms with Gasteiger partial charge in [0.05, 0.1) is 6.04 Å². The third-order valence-electron chi connectivity index (χ3n) is 4.19. The predicted molar refractivity (Wildman–Crippen MR) is 80.5 cm³/mol. The molecule has 0 aromatic heterocycles. The molecule has 1 heteroatoms. The summed E-state index contributed by atoms with van der Waals surface area (Å²) < 4.78 is 0. The van der Waals surface area contributed by atoms with E-state index in [-0.39, 0.29) is 0 Å². The highest BCUT2D eigenvalue weighted by atomic mass is 15.1. The molecule has 2 aromatic carbocycles. The van der Waals surface area contributed by atoms with Gasteiger partial charge < -0.3 is 0 Å². The molecular formula is C18H21N. The molecule has 1 heterocycles. The second-order valence-corrected chi connectivity index (χ2v) is 5.79.